The molecule has 1 heterocycles. The fraction of sp³-hybridized carbons (Fsp3) is 0.688. The predicted molar refractivity (Wildman–Crippen MR) is 78.1 cm³/mol. The van der Waals surface area contributed by atoms with Crippen LogP contribution in [0.5, 0.6) is 0 Å². The van der Waals surface area contributed by atoms with Crippen LogP contribution in [0.15, 0.2) is 24.5 Å². The molecule has 0 aromatic carbocycles. The summed E-state index contributed by atoms with van der Waals surface area (Å²) in [7, 11) is 0. The van der Waals surface area contributed by atoms with Gasteiger partial charge in [0.1, 0.15) is 0 Å². The Balaban J connectivity index is 1.89. The molecule has 0 radical (unpaired) electrons. The molecule has 1 saturated carbocycles. The van der Waals surface area contributed by atoms with Gasteiger partial charge in [0.05, 0.1) is 6.10 Å². The Morgan fingerprint density at radius 3 is 2.58 bits per heavy atom. The monoisotopic (exact) mass is 262 g/mol. The third-order valence-corrected chi connectivity index (χ3v) is 4.03. The van der Waals surface area contributed by atoms with Gasteiger partial charge in [0.15, 0.2) is 0 Å². The van der Waals surface area contributed by atoms with E-state index in [4.69, 9.17) is 0 Å². The van der Waals surface area contributed by atoms with Crippen LogP contribution >= 0.6 is 0 Å². The van der Waals surface area contributed by atoms with E-state index in [-0.39, 0.29) is 6.10 Å². The smallest absolute Gasteiger partial charge is 0.0639 e. The van der Waals surface area contributed by atoms with Crippen LogP contribution in [-0.2, 0) is 6.42 Å². The quantitative estimate of drug-likeness (QED) is 0.856. The Morgan fingerprint density at radius 1 is 1.26 bits per heavy atom. The molecule has 19 heavy (non-hydrogen) atoms. The lowest BCUT2D eigenvalue weighted by molar-refractivity contribution is 0.0833. The van der Waals surface area contributed by atoms with Crippen molar-refractivity contribution >= 4 is 0 Å². The normalized spacial score (nSPS) is 18.7. The van der Waals surface area contributed by atoms with E-state index in [0.717, 1.165) is 19.5 Å². The molecule has 1 fully saturated rings. The van der Waals surface area contributed by atoms with Gasteiger partial charge in [-0.3, -0.25) is 9.88 Å². The van der Waals surface area contributed by atoms with E-state index in [1.807, 2.05) is 19.3 Å². The third kappa shape index (κ3) is 4.92. The molecule has 0 bridgehead atoms. The first-order chi connectivity index (χ1) is 9.25. The minimum absolute atomic E-state index is 0.237. The summed E-state index contributed by atoms with van der Waals surface area (Å²) in [6.07, 6.45) is 11.2. The number of pyridine rings is 1. The van der Waals surface area contributed by atoms with Crippen molar-refractivity contribution in [2.45, 2.75) is 57.6 Å². The van der Waals surface area contributed by atoms with E-state index in [1.54, 1.807) is 0 Å². The van der Waals surface area contributed by atoms with Crippen molar-refractivity contribution in [3.05, 3.63) is 30.1 Å². The second-order valence-electron chi connectivity index (χ2n) is 5.74. The van der Waals surface area contributed by atoms with Crippen LogP contribution in [-0.4, -0.2) is 40.2 Å². The molecule has 0 saturated heterocycles. The maximum absolute atomic E-state index is 9.70. The number of hydrogen-bond donors (Lipinski definition) is 1. The minimum atomic E-state index is -0.237. The van der Waals surface area contributed by atoms with Gasteiger partial charge in [-0.25, -0.2) is 0 Å². The second-order valence-corrected chi connectivity index (χ2v) is 5.74. The molecule has 1 aliphatic carbocycles. The molecule has 3 nitrogen and oxygen atoms in total. The standard InChI is InChI=1S/C16H26N2O/c1-14(19)13-18(16-5-3-2-4-6-16)12-9-15-7-10-17-11-8-15/h7-8,10-11,14,16,19H,2-6,9,12-13H2,1H3. The van der Waals surface area contributed by atoms with Crippen molar-refractivity contribution in [1.29, 1.82) is 0 Å². The highest BCUT2D eigenvalue weighted by Crippen LogP contribution is 2.23. The fourth-order valence-electron chi connectivity index (χ4n) is 3.03. The highest BCUT2D eigenvalue weighted by Gasteiger charge is 2.21. The number of aliphatic hydroxyl groups is 1. The van der Waals surface area contributed by atoms with E-state index in [0.29, 0.717) is 6.04 Å². The minimum Gasteiger partial charge on any atom is -0.392 e. The molecular weight excluding hydrogens is 236 g/mol. The molecule has 3 heteroatoms. The molecule has 1 atom stereocenters. The van der Waals surface area contributed by atoms with E-state index in [1.165, 1.54) is 37.7 Å². The van der Waals surface area contributed by atoms with Crippen LogP contribution in [0.4, 0.5) is 0 Å². The lowest BCUT2D eigenvalue weighted by atomic mass is 9.93. The third-order valence-electron chi connectivity index (χ3n) is 4.03. The summed E-state index contributed by atoms with van der Waals surface area (Å²) in [4.78, 5) is 6.55. The van der Waals surface area contributed by atoms with Gasteiger partial charge in [0.2, 0.25) is 0 Å². The molecule has 1 unspecified atom stereocenters. The van der Waals surface area contributed by atoms with Crippen molar-refractivity contribution < 1.29 is 5.11 Å². The number of aromatic nitrogens is 1. The van der Waals surface area contributed by atoms with Crippen LogP contribution < -0.4 is 0 Å². The summed E-state index contributed by atoms with van der Waals surface area (Å²) >= 11 is 0. The largest absolute Gasteiger partial charge is 0.392 e. The Kier molecular flexibility index (Phi) is 5.80. The average molecular weight is 262 g/mol. The highest BCUT2D eigenvalue weighted by molar-refractivity contribution is 5.10. The first kappa shape index (κ1) is 14.5. The molecule has 1 aromatic heterocycles. The number of nitrogens with zero attached hydrogens (tertiary/aromatic N) is 2. The van der Waals surface area contributed by atoms with Crippen molar-refractivity contribution in [2.75, 3.05) is 13.1 Å². The van der Waals surface area contributed by atoms with Gasteiger partial charge >= 0.3 is 0 Å². The Labute approximate surface area is 116 Å². The summed E-state index contributed by atoms with van der Waals surface area (Å²) in [6.45, 7) is 3.73. The lowest BCUT2D eigenvalue weighted by Crippen LogP contribution is -2.42. The van der Waals surface area contributed by atoms with Crippen LogP contribution in [0, 0.1) is 0 Å². The Bertz CT molecular complexity index is 347. The molecule has 106 valence electrons. The van der Waals surface area contributed by atoms with Gasteiger partial charge in [-0.15, -0.1) is 0 Å². The van der Waals surface area contributed by atoms with Gasteiger partial charge in [0, 0.05) is 31.5 Å². The number of aliphatic hydroxyl groups excluding tert-OH is 1. The van der Waals surface area contributed by atoms with Gasteiger partial charge in [0.25, 0.3) is 0 Å². The van der Waals surface area contributed by atoms with Crippen molar-refractivity contribution in [3.8, 4) is 0 Å². The lowest BCUT2D eigenvalue weighted by Gasteiger charge is -2.35. The van der Waals surface area contributed by atoms with Crippen LogP contribution in [0.3, 0.4) is 0 Å². The molecule has 0 spiro atoms. The van der Waals surface area contributed by atoms with E-state index < -0.39 is 0 Å². The van der Waals surface area contributed by atoms with E-state index in [9.17, 15) is 5.11 Å². The molecule has 0 aliphatic heterocycles. The Morgan fingerprint density at radius 2 is 1.95 bits per heavy atom. The van der Waals surface area contributed by atoms with Crippen LogP contribution in [0.25, 0.3) is 0 Å². The molecule has 0 amide bonds. The zero-order valence-electron chi connectivity index (χ0n) is 12.0. The summed E-state index contributed by atoms with van der Waals surface area (Å²) in [5, 5.41) is 9.70. The van der Waals surface area contributed by atoms with E-state index >= 15 is 0 Å². The molecule has 1 aromatic rings. The Hall–Kier alpha value is -0.930. The SMILES string of the molecule is CC(O)CN(CCc1ccncc1)C1CCCCC1. The van der Waals surface area contributed by atoms with Crippen molar-refractivity contribution in [2.24, 2.45) is 0 Å². The van der Waals surface area contributed by atoms with Crippen molar-refractivity contribution in [3.63, 3.8) is 0 Å². The molecular formula is C16H26N2O. The second kappa shape index (κ2) is 7.61. The molecule has 1 aliphatic rings. The number of hydrogen-bond acceptors (Lipinski definition) is 3. The zero-order valence-corrected chi connectivity index (χ0v) is 12.0. The first-order valence-corrected chi connectivity index (χ1v) is 7.56. The summed E-state index contributed by atoms with van der Waals surface area (Å²) in [5.74, 6) is 0. The predicted octanol–water partition coefficient (Wildman–Crippen LogP) is 2.64. The van der Waals surface area contributed by atoms with Gasteiger partial charge in [-0.2, -0.15) is 0 Å². The summed E-state index contributed by atoms with van der Waals surface area (Å²) < 4.78 is 0. The van der Waals surface area contributed by atoms with Gasteiger partial charge < -0.3 is 5.11 Å². The summed E-state index contributed by atoms with van der Waals surface area (Å²) in [6, 6.07) is 4.84. The van der Waals surface area contributed by atoms with Gasteiger partial charge in [-0.1, -0.05) is 19.3 Å². The zero-order chi connectivity index (χ0) is 13.5. The summed E-state index contributed by atoms with van der Waals surface area (Å²) in [5.41, 5.74) is 1.33. The maximum Gasteiger partial charge on any atom is 0.0639 e. The number of rotatable bonds is 6. The fourth-order valence-corrected chi connectivity index (χ4v) is 3.03. The topological polar surface area (TPSA) is 36.4 Å². The highest BCUT2D eigenvalue weighted by atomic mass is 16.3. The van der Waals surface area contributed by atoms with Crippen LogP contribution in [0.1, 0.15) is 44.6 Å². The van der Waals surface area contributed by atoms with Crippen LogP contribution in [0.2, 0.25) is 0 Å². The van der Waals surface area contributed by atoms with E-state index in [2.05, 4.69) is 22.0 Å². The molecule has 1 N–H and O–H groups in total. The average Bonchev–Trinajstić information content (AvgIpc) is 2.45. The maximum atomic E-state index is 9.70. The van der Waals surface area contributed by atoms with Crippen molar-refractivity contribution in [1.82, 2.24) is 9.88 Å². The first-order valence-electron chi connectivity index (χ1n) is 7.56. The van der Waals surface area contributed by atoms with Gasteiger partial charge in [-0.05, 0) is 43.9 Å². The molecule has 2 rings (SSSR count).